The predicted molar refractivity (Wildman–Crippen MR) is 86.0 cm³/mol. The molecule has 0 spiro atoms. The average molecular weight is 317 g/mol. The van der Waals surface area contributed by atoms with E-state index >= 15 is 0 Å². The minimum absolute atomic E-state index is 0.0151. The lowest BCUT2D eigenvalue weighted by Crippen LogP contribution is -2.32. The van der Waals surface area contributed by atoms with Gasteiger partial charge in [0.15, 0.2) is 0 Å². The van der Waals surface area contributed by atoms with Crippen LogP contribution in [0.5, 0.6) is 0 Å². The number of ether oxygens (including phenoxy) is 1. The van der Waals surface area contributed by atoms with Crippen LogP contribution in [0.3, 0.4) is 0 Å². The molecular formula is C17H19NO3S. The van der Waals surface area contributed by atoms with Crippen LogP contribution in [0, 0.1) is 0 Å². The molecular weight excluding hydrogens is 298 g/mol. The van der Waals surface area contributed by atoms with E-state index in [1.54, 1.807) is 12.1 Å². The molecule has 2 aromatic carbocycles. The number of rotatable bonds is 5. The maximum Gasteiger partial charge on any atom is 0.241 e. The summed E-state index contributed by atoms with van der Waals surface area (Å²) in [5, 5.41) is 0. The monoisotopic (exact) mass is 317 g/mol. The highest BCUT2D eigenvalue weighted by atomic mass is 32.2. The Morgan fingerprint density at radius 2 is 1.77 bits per heavy atom. The van der Waals surface area contributed by atoms with Gasteiger partial charge in [0.2, 0.25) is 10.0 Å². The van der Waals surface area contributed by atoms with Crippen molar-refractivity contribution in [2.45, 2.75) is 23.8 Å². The third-order valence-electron chi connectivity index (χ3n) is 3.79. The van der Waals surface area contributed by atoms with Gasteiger partial charge in [0.25, 0.3) is 0 Å². The lowest BCUT2D eigenvalue weighted by Gasteiger charge is -2.14. The first kappa shape index (κ1) is 15.2. The minimum atomic E-state index is -3.56. The summed E-state index contributed by atoms with van der Waals surface area (Å²) >= 11 is 0. The van der Waals surface area contributed by atoms with E-state index in [9.17, 15) is 8.42 Å². The molecule has 116 valence electrons. The molecule has 1 heterocycles. The summed E-state index contributed by atoms with van der Waals surface area (Å²) < 4.78 is 33.4. The van der Waals surface area contributed by atoms with Gasteiger partial charge in [-0.25, -0.2) is 13.1 Å². The molecule has 0 amide bonds. The first-order chi connectivity index (χ1) is 10.7. The fourth-order valence-electron chi connectivity index (χ4n) is 2.64. The van der Waals surface area contributed by atoms with Gasteiger partial charge in [0.1, 0.15) is 0 Å². The second-order valence-electron chi connectivity index (χ2n) is 5.35. The van der Waals surface area contributed by atoms with Crippen LogP contribution in [0.4, 0.5) is 0 Å². The maximum atomic E-state index is 12.6. The van der Waals surface area contributed by atoms with Crippen molar-refractivity contribution in [2.75, 3.05) is 13.2 Å². The normalized spacial score (nSPS) is 18.5. The van der Waals surface area contributed by atoms with Crippen molar-refractivity contribution in [3.63, 3.8) is 0 Å². The molecule has 22 heavy (non-hydrogen) atoms. The molecule has 0 aliphatic carbocycles. The van der Waals surface area contributed by atoms with E-state index in [1.165, 1.54) is 0 Å². The van der Waals surface area contributed by atoms with Crippen LogP contribution in [0.25, 0.3) is 11.1 Å². The Kier molecular flexibility index (Phi) is 4.57. The Morgan fingerprint density at radius 1 is 1.05 bits per heavy atom. The van der Waals surface area contributed by atoms with Crippen molar-refractivity contribution >= 4 is 10.0 Å². The van der Waals surface area contributed by atoms with Gasteiger partial charge < -0.3 is 4.74 Å². The van der Waals surface area contributed by atoms with Gasteiger partial charge in [-0.05, 0) is 24.5 Å². The molecule has 1 aliphatic heterocycles. The van der Waals surface area contributed by atoms with Crippen molar-refractivity contribution in [1.82, 2.24) is 4.72 Å². The Hall–Kier alpha value is -1.69. The largest absolute Gasteiger partial charge is 0.377 e. The van der Waals surface area contributed by atoms with Crippen LogP contribution in [-0.2, 0) is 14.8 Å². The molecule has 1 unspecified atom stereocenters. The van der Waals surface area contributed by atoms with Gasteiger partial charge >= 0.3 is 0 Å². The van der Waals surface area contributed by atoms with E-state index in [1.807, 2.05) is 42.5 Å². The van der Waals surface area contributed by atoms with Crippen molar-refractivity contribution in [3.05, 3.63) is 54.6 Å². The number of sulfonamides is 1. The van der Waals surface area contributed by atoms with Crippen molar-refractivity contribution in [2.24, 2.45) is 0 Å². The topological polar surface area (TPSA) is 55.4 Å². The zero-order valence-corrected chi connectivity index (χ0v) is 13.1. The fourth-order valence-corrected chi connectivity index (χ4v) is 3.94. The summed E-state index contributed by atoms with van der Waals surface area (Å²) in [5.74, 6) is 0. The van der Waals surface area contributed by atoms with Crippen LogP contribution >= 0.6 is 0 Å². The Morgan fingerprint density at radius 3 is 2.50 bits per heavy atom. The Bertz CT molecular complexity index is 723. The third-order valence-corrected chi connectivity index (χ3v) is 5.27. The smallest absolute Gasteiger partial charge is 0.241 e. The van der Waals surface area contributed by atoms with Crippen LogP contribution < -0.4 is 4.72 Å². The molecule has 5 heteroatoms. The van der Waals surface area contributed by atoms with E-state index in [0.29, 0.717) is 23.6 Å². The molecule has 0 radical (unpaired) electrons. The molecule has 2 aromatic rings. The second kappa shape index (κ2) is 6.60. The Labute approximate surface area is 131 Å². The molecule has 0 bridgehead atoms. The van der Waals surface area contributed by atoms with Gasteiger partial charge in [-0.2, -0.15) is 0 Å². The highest BCUT2D eigenvalue weighted by Gasteiger charge is 2.22. The molecule has 3 rings (SSSR count). The molecule has 1 N–H and O–H groups in total. The number of hydrogen-bond donors (Lipinski definition) is 1. The van der Waals surface area contributed by atoms with Crippen LogP contribution in [0.15, 0.2) is 59.5 Å². The van der Waals surface area contributed by atoms with Crippen LogP contribution in [0.2, 0.25) is 0 Å². The predicted octanol–water partition coefficient (Wildman–Crippen LogP) is 2.81. The first-order valence-electron chi connectivity index (χ1n) is 7.42. The summed E-state index contributed by atoms with van der Waals surface area (Å²) in [6.45, 7) is 1.04. The maximum absolute atomic E-state index is 12.6. The quantitative estimate of drug-likeness (QED) is 0.922. The molecule has 0 aromatic heterocycles. The number of benzene rings is 2. The molecule has 0 saturated carbocycles. The van der Waals surface area contributed by atoms with Gasteiger partial charge in [-0.3, -0.25) is 0 Å². The van der Waals surface area contributed by atoms with Crippen LogP contribution in [-0.4, -0.2) is 27.7 Å². The molecule has 1 fully saturated rings. The van der Waals surface area contributed by atoms with E-state index in [4.69, 9.17) is 4.74 Å². The number of nitrogens with one attached hydrogen (secondary N) is 1. The summed E-state index contributed by atoms with van der Waals surface area (Å²) in [6, 6.07) is 16.6. The van der Waals surface area contributed by atoms with Crippen molar-refractivity contribution in [1.29, 1.82) is 0 Å². The van der Waals surface area contributed by atoms with E-state index in [-0.39, 0.29) is 6.10 Å². The van der Waals surface area contributed by atoms with E-state index in [2.05, 4.69) is 4.72 Å². The standard InChI is InChI=1S/C17H19NO3S/c19-22(20,18-13-15-9-6-12-21-15)17-11-5-4-10-16(17)14-7-2-1-3-8-14/h1-5,7-8,10-11,15,18H,6,9,12-13H2. The zero-order chi connectivity index (χ0) is 15.4. The third kappa shape index (κ3) is 3.38. The first-order valence-corrected chi connectivity index (χ1v) is 8.91. The minimum Gasteiger partial charge on any atom is -0.377 e. The zero-order valence-electron chi connectivity index (χ0n) is 12.2. The van der Waals surface area contributed by atoms with Crippen LogP contribution in [0.1, 0.15) is 12.8 Å². The average Bonchev–Trinajstić information content (AvgIpc) is 3.07. The van der Waals surface area contributed by atoms with E-state index in [0.717, 1.165) is 18.4 Å². The van der Waals surface area contributed by atoms with Crippen molar-refractivity contribution < 1.29 is 13.2 Å². The summed E-state index contributed by atoms with van der Waals surface area (Å²) in [4.78, 5) is 0.305. The summed E-state index contributed by atoms with van der Waals surface area (Å²) in [7, 11) is -3.56. The Balaban J connectivity index is 1.87. The van der Waals surface area contributed by atoms with Crippen molar-refractivity contribution in [3.8, 4) is 11.1 Å². The molecule has 1 saturated heterocycles. The number of hydrogen-bond acceptors (Lipinski definition) is 3. The highest BCUT2D eigenvalue weighted by molar-refractivity contribution is 7.89. The molecule has 1 atom stereocenters. The second-order valence-corrected chi connectivity index (χ2v) is 7.08. The summed E-state index contributed by atoms with van der Waals surface area (Å²) in [5.41, 5.74) is 1.60. The summed E-state index contributed by atoms with van der Waals surface area (Å²) in [6.07, 6.45) is 1.88. The molecule has 1 aliphatic rings. The van der Waals surface area contributed by atoms with Gasteiger partial charge in [-0.15, -0.1) is 0 Å². The highest BCUT2D eigenvalue weighted by Crippen LogP contribution is 2.27. The lowest BCUT2D eigenvalue weighted by atomic mass is 10.1. The van der Waals surface area contributed by atoms with Gasteiger partial charge in [0.05, 0.1) is 11.0 Å². The molecule has 4 nitrogen and oxygen atoms in total. The van der Waals surface area contributed by atoms with E-state index < -0.39 is 10.0 Å². The SMILES string of the molecule is O=S(=O)(NCC1CCCO1)c1ccccc1-c1ccccc1. The van der Waals surface area contributed by atoms with Gasteiger partial charge in [-0.1, -0.05) is 48.5 Å². The van der Waals surface area contributed by atoms with Gasteiger partial charge in [0, 0.05) is 18.7 Å². The fraction of sp³-hybridized carbons (Fsp3) is 0.294. The lowest BCUT2D eigenvalue weighted by molar-refractivity contribution is 0.114.